The number of halogens is 1. The van der Waals surface area contributed by atoms with Crippen LogP contribution in [0.15, 0.2) is 30.9 Å². The molecule has 16 heavy (non-hydrogen) atoms. The summed E-state index contributed by atoms with van der Waals surface area (Å²) in [6, 6.07) is 5.51. The van der Waals surface area contributed by atoms with Gasteiger partial charge in [-0.1, -0.05) is 25.1 Å². The van der Waals surface area contributed by atoms with E-state index >= 15 is 0 Å². The maximum Gasteiger partial charge on any atom is 0.128 e. The Morgan fingerprint density at radius 2 is 2.25 bits per heavy atom. The molecule has 0 bridgehead atoms. The fourth-order valence-electron chi connectivity index (χ4n) is 1.81. The number of nitrogens with one attached hydrogen (secondary N) is 1. The third-order valence-corrected chi connectivity index (χ3v) is 2.64. The first kappa shape index (κ1) is 12.9. The molecular weight excluding hydrogens is 201 g/mol. The predicted octanol–water partition coefficient (Wildman–Crippen LogP) is 3.75. The highest BCUT2D eigenvalue weighted by Crippen LogP contribution is 2.22. The molecule has 1 N–H and O–H groups in total. The van der Waals surface area contributed by atoms with E-state index in [-0.39, 0.29) is 11.9 Å². The summed E-state index contributed by atoms with van der Waals surface area (Å²) in [7, 11) is 0. The van der Waals surface area contributed by atoms with E-state index in [2.05, 4.69) is 11.9 Å². The highest BCUT2D eigenvalue weighted by molar-refractivity contribution is 5.26. The average molecular weight is 221 g/mol. The molecule has 0 fully saturated rings. The molecule has 2 heteroatoms. The normalized spacial score (nSPS) is 12.4. The van der Waals surface area contributed by atoms with Gasteiger partial charge in [-0.3, -0.25) is 0 Å². The van der Waals surface area contributed by atoms with Gasteiger partial charge in [0.2, 0.25) is 0 Å². The lowest BCUT2D eigenvalue weighted by molar-refractivity contribution is 0.488. The zero-order valence-electron chi connectivity index (χ0n) is 10.1. The largest absolute Gasteiger partial charge is 0.310 e. The van der Waals surface area contributed by atoms with Crippen molar-refractivity contribution < 1.29 is 4.39 Å². The van der Waals surface area contributed by atoms with Gasteiger partial charge >= 0.3 is 0 Å². The van der Waals surface area contributed by atoms with E-state index < -0.39 is 0 Å². The minimum Gasteiger partial charge on any atom is -0.310 e. The van der Waals surface area contributed by atoms with Gasteiger partial charge in [0, 0.05) is 11.6 Å². The lowest BCUT2D eigenvalue weighted by Gasteiger charge is -2.18. The molecule has 1 aromatic carbocycles. The Hall–Kier alpha value is -1.15. The molecule has 0 aliphatic rings. The highest BCUT2D eigenvalue weighted by atomic mass is 19.1. The molecule has 1 unspecified atom stereocenters. The van der Waals surface area contributed by atoms with Crippen molar-refractivity contribution in [2.24, 2.45) is 0 Å². The summed E-state index contributed by atoms with van der Waals surface area (Å²) in [6.45, 7) is 8.48. The zero-order chi connectivity index (χ0) is 12.0. The van der Waals surface area contributed by atoms with Crippen molar-refractivity contribution in [3.05, 3.63) is 47.8 Å². The van der Waals surface area contributed by atoms with Crippen molar-refractivity contribution in [2.75, 3.05) is 6.54 Å². The Morgan fingerprint density at radius 3 is 2.81 bits per heavy atom. The Morgan fingerprint density at radius 1 is 1.50 bits per heavy atom. The van der Waals surface area contributed by atoms with Crippen LogP contribution < -0.4 is 5.32 Å². The van der Waals surface area contributed by atoms with E-state index in [1.807, 2.05) is 32.1 Å². The van der Waals surface area contributed by atoms with Gasteiger partial charge < -0.3 is 5.32 Å². The van der Waals surface area contributed by atoms with Crippen molar-refractivity contribution >= 4 is 0 Å². The van der Waals surface area contributed by atoms with Crippen molar-refractivity contribution in [2.45, 2.75) is 32.7 Å². The van der Waals surface area contributed by atoms with Crippen LogP contribution in [0.3, 0.4) is 0 Å². The summed E-state index contributed by atoms with van der Waals surface area (Å²) in [5.74, 6) is -0.116. The Labute approximate surface area is 97.4 Å². The monoisotopic (exact) mass is 221 g/mol. The van der Waals surface area contributed by atoms with Crippen LogP contribution in [-0.4, -0.2) is 6.54 Å². The molecule has 1 aromatic rings. The first-order chi connectivity index (χ1) is 7.69. The lowest BCUT2D eigenvalue weighted by atomic mass is 10.00. The van der Waals surface area contributed by atoms with Crippen LogP contribution in [0.1, 0.15) is 36.9 Å². The second-order valence-corrected chi connectivity index (χ2v) is 4.00. The quantitative estimate of drug-likeness (QED) is 0.721. The van der Waals surface area contributed by atoms with Crippen LogP contribution >= 0.6 is 0 Å². The van der Waals surface area contributed by atoms with Gasteiger partial charge in [0.15, 0.2) is 0 Å². The van der Waals surface area contributed by atoms with Crippen molar-refractivity contribution in [1.29, 1.82) is 0 Å². The summed E-state index contributed by atoms with van der Waals surface area (Å²) in [5, 5.41) is 3.31. The molecule has 0 saturated carbocycles. The molecule has 0 spiro atoms. The summed E-state index contributed by atoms with van der Waals surface area (Å²) in [5.41, 5.74) is 1.72. The van der Waals surface area contributed by atoms with E-state index in [1.165, 1.54) is 0 Å². The molecule has 1 nitrogen and oxygen atoms in total. The van der Waals surface area contributed by atoms with Crippen molar-refractivity contribution in [3.63, 3.8) is 0 Å². The molecule has 1 rings (SSSR count). The molecule has 0 aliphatic heterocycles. The van der Waals surface area contributed by atoms with Gasteiger partial charge in [0.05, 0.1) is 0 Å². The molecule has 1 atom stereocenters. The van der Waals surface area contributed by atoms with Crippen LogP contribution in [0.5, 0.6) is 0 Å². The second kappa shape index (κ2) is 6.44. The Kier molecular flexibility index (Phi) is 5.20. The van der Waals surface area contributed by atoms with E-state index in [9.17, 15) is 4.39 Å². The van der Waals surface area contributed by atoms with E-state index in [4.69, 9.17) is 0 Å². The summed E-state index contributed by atoms with van der Waals surface area (Å²) >= 11 is 0. The fraction of sp³-hybridized carbons (Fsp3) is 0.429. The SMILES string of the molecule is C=CCCC(NCC)c1ccc(C)cc1F. The third-order valence-electron chi connectivity index (χ3n) is 2.64. The van der Waals surface area contributed by atoms with Crippen LogP contribution in [-0.2, 0) is 0 Å². The molecular formula is C14H20FN. The van der Waals surface area contributed by atoms with Gasteiger partial charge in [-0.2, -0.15) is 0 Å². The lowest BCUT2D eigenvalue weighted by Crippen LogP contribution is -2.21. The van der Waals surface area contributed by atoms with Crippen molar-refractivity contribution in [3.8, 4) is 0 Å². The fourth-order valence-corrected chi connectivity index (χ4v) is 1.81. The van der Waals surface area contributed by atoms with E-state index in [0.717, 1.165) is 30.5 Å². The number of benzene rings is 1. The average Bonchev–Trinajstić information content (AvgIpc) is 2.25. The summed E-state index contributed by atoms with van der Waals surface area (Å²) in [4.78, 5) is 0. The smallest absolute Gasteiger partial charge is 0.128 e. The first-order valence-corrected chi connectivity index (χ1v) is 5.79. The molecule has 88 valence electrons. The van der Waals surface area contributed by atoms with Crippen molar-refractivity contribution in [1.82, 2.24) is 5.32 Å². The Bertz CT molecular complexity index is 347. The maximum atomic E-state index is 13.8. The highest BCUT2D eigenvalue weighted by Gasteiger charge is 2.13. The standard InChI is InChI=1S/C14H20FN/c1-4-6-7-14(16-5-2)12-9-8-11(3)10-13(12)15/h4,8-10,14,16H,1,5-7H2,2-3H3. The minimum atomic E-state index is -0.116. The topological polar surface area (TPSA) is 12.0 Å². The number of allylic oxidation sites excluding steroid dienone is 1. The molecule has 0 aliphatic carbocycles. The first-order valence-electron chi connectivity index (χ1n) is 5.79. The number of hydrogen-bond donors (Lipinski definition) is 1. The molecule has 0 aromatic heterocycles. The van der Waals surface area contributed by atoms with Crippen LogP contribution in [0.2, 0.25) is 0 Å². The van der Waals surface area contributed by atoms with Crippen LogP contribution in [0.4, 0.5) is 4.39 Å². The molecule has 0 saturated heterocycles. The minimum absolute atomic E-state index is 0.0867. The van der Waals surface area contributed by atoms with Gasteiger partial charge in [-0.15, -0.1) is 6.58 Å². The van der Waals surface area contributed by atoms with Gasteiger partial charge in [-0.25, -0.2) is 4.39 Å². The number of aryl methyl sites for hydroxylation is 1. The second-order valence-electron chi connectivity index (χ2n) is 4.00. The van der Waals surface area contributed by atoms with E-state index in [0.29, 0.717) is 0 Å². The van der Waals surface area contributed by atoms with Gasteiger partial charge in [0.1, 0.15) is 5.82 Å². The molecule has 0 amide bonds. The van der Waals surface area contributed by atoms with Gasteiger partial charge in [0.25, 0.3) is 0 Å². The maximum absolute atomic E-state index is 13.8. The van der Waals surface area contributed by atoms with Crippen LogP contribution in [0, 0.1) is 12.7 Å². The number of rotatable bonds is 6. The third kappa shape index (κ3) is 3.46. The molecule has 0 heterocycles. The Balaban J connectivity index is 2.86. The van der Waals surface area contributed by atoms with E-state index in [1.54, 1.807) is 6.07 Å². The predicted molar refractivity (Wildman–Crippen MR) is 67.0 cm³/mol. The number of hydrogen-bond acceptors (Lipinski definition) is 1. The van der Waals surface area contributed by atoms with Crippen LogP contribution in [0.25, 0.3) is 0 Å². The summed E-state index contributed by atoms with van der Waals surface area (Å²) < 4.78 is 13.8. The zero-order valence-corrected chi connectivity index (χ0v) is 10.1. The van der Waals surface area contributed by atoms with Gasteiger partial charge in [-0.05, 0) is 37.9 Å². The summed E-state index contributed by atoms with van der Waals surface area (Å²) in [6.07, 6.45) is 3.65. The molecule has 0 radical (unpaired) electrons.